The summed E-state index contributed by atoms with van der Waals surface area (Å²) in [6.45, 7) is 2.01. The van der Waals surface area contributed by atoms with Gasteiger partial charge in [0, 0.05) is 17.8 Å². The smallest absolute Gasteiger partial charge is 0.478 e. The van der Waals surface area contributed by atoms with Crippen LogP contribution in [-0.4, -0.2) is 31.0 Å². The summed E-state index contributed by atoms with van der Waals surface area (Å²) in [4.78, 5) is 13.1. The molecule has 0 spiro atoms. The summed E-state index contributed by atoms with van der Waals surface area (Å²) in [6.07, 6.45) is 5.37. The van der Waals surface area contributed by atoms with E-state index in [2.05, 4.69) is 33.3 Å². The third-order valence-electron chi connectivity index (χ3n) is 7.08. The van der Waals surface area contributed by atoms with E-state index in [-0.39, 0.29) is 12.1 Å². The highest BCUT2D eigenvalue weighted by atomic mass is 32.2. The third-order valence-corrected chi connectivity index (χ3v) is 8.06. The van der Waals surface area contributed by atoms with Crippen molar-refractivity contribution >= 4 is 27.9 Å². The molecule has 1 heterocycles. The van der Waals surface area contributed by atoms with E-state index in [1.165, 1.54) is 36.6 Å². The molecular weight excluding hydrogens is 531 g/mol. The summed E-state index contributed by atoms with van der Waals surface area (Å²) >= 11 is 0. The molecule has 5 rings (SSSR count). The lowest BCUT2D eigenvalue weighted by Crippen LogP contribution is -2.43. The van der Waals surface area contributed by atoms with Crippen LogP contribution in [0, 0.1) is 0 Å². The van der Waals surface area contributed by atoms with E-state index in [4.69, 9.17) is 5.11 Å². The number of carboxylic acids is 1. The van der Waals surface area contributed by atoms with Crippen molar-refractivity contribution in [3.8, 4) is 5.75 Å². The van der Waals surface area contributed by atoms with Crippen molar-refractivity contribution in [3.05, 3.63) is 101 Å². The summed E-state index contributed by atoms with van der Waals surface area (Å²) in [5.41, 5.74) is -0.170. The number of rotatable bonds is 7. The standard InChI is InChI=1S/C29H26F3NO5S/c1-18-16-23-17-25(38-39(36,37)29(30,31)32)13-14-26(23)28(22-5-2-19(3-6-22)4-15-27(34)35)33(18)24-11-9-21(10-12-24)20-7-8-20/h2-6,9-15,17-18,20,28H,7-8,16H2,1H3,(H,34,35)/t18-,28-/m1/s1. The normalized spacial score (nSPS) is 19.6. The van der Waals surface area contributed by atoms with Crippen LogP contribution >= 0.6 is 0 Å². The van der Waals surface area contributed by atoms with Crippen LogP contribution in [0.1, 0.15) is 59.5 Å². The molecule has 3 aromatic carbocycles. The number of fused-ring (bicyclic) bond motifs is 1. The fourth-order valence-electron chi connectivity index (χ4n) is 5.11. The van der Waals surface area contributed by atoms with E-state index in [9.17, 15) is 26.4 Å². The van der Waals surface area contributed by atoms with Crippen LogP contribution in [0.5, 0.6) is 5.75 Å². The van der Waals surface area contributed by atoms with Crippen molar-refractivity contribution in [2.75, 3.05) is 4.90 Å². The second-order valence-corrected chi connectivity index (χ2v) is 11.4. The van der Waals surface area contributed by atoms with Gasteiger partial charge in [0.2, 0.25) is 0 Å². The number of alkyl halides is 3. The minimum atomic E-state index is -5.79. The van der Waals surface area contributed by atoms with Crippen LogP contribution in [0.4, 0.5) is 18.9 Å². The van der Waals surface area contributed by atoms with Gasteiger partial charge in [0.05, 0.1) is 6.04 Å². The Morgan fingerprint density at radius 1 is 1.00 bits per heavy atom. The predicted octanol–water partition coefficient (Wildman–Crippen LogP) is 6.43. The highest BCUT2D eigenvalue weighted by molar-refractivity contribution is 7.88. The predicted molar refractivity (Wildman–Crippen MR) is 141 cm³/mol. The number of benzene rings is 3. The molecule has 1 N–H and O–H groups in total. The minimum absolute atomic E-state index is 0.0877. The van der Waals surface area contributed by atoms with Gasteiger partial charge in [0.25, 0.3) is 0 Å². The summed E-state index contributed by atoms with van der Waals surface area (Å²) in [7, 11) is -5.79. The molecule has 2 aliphatic rings. The van der Waals surface area contributed by atoms with Crippen LogP contribution in [0.15, 0.2) is 72.8 Å². The Bertz CT molecular complexity index is 1510. The number of nitrogens with zero attached hydrogens (tertiary/aromatic N) is 1. The molecule has 204 valence electrons. The molecule has 0 radical (unpaired) electrons. The van der Waals surface area contributed by atoms with Crippen molar-refractivity contribution in [2.24, 2.45) is 0 Å². The number of halogens is 3. The quantitative estimate of drug-likeness (QED) is 0.205. The molecule has 0 aromatic heterocycles. The van der Waals surface area contributed by atoms with Crippen molar-refractivity contribution < 1.29 is 35.7 Å². The van der Waals surface area contributed by atoms with Gasteiger partial charge in [-0.05, 0) is 90.3 Å². The zero-order chi connectivity index (χ0) is 27.9. The van der Waals surface area contributed by atoms with E-state index in [1.807, 2.05) is 19.1 Å². The zero-order valence-corrected chi connectivity index (χ0v) is 21.7. The second kappa shape index (κ2) is 10.1. The fourth-order valence-corrected chi connectivity index (χ4v) is 5.56. The van der Waals surface area contributed by atoms with Gasteiger partial charge >= 0.3 is 21.6 Å². The summed E-state index contributed by atoms with van der Waals surface area (Å²) < 4.78 is 66.3. The molecule has 1 aliphatic heterocycles. The first kappa shape index (κ1) is 26.8. The van der Waals surface area contributed by atoms with Crippen molar-refractivity contribution in [2.45, 2.75) is 49.7 Å². The zero-order valence-electron chi connectivity index (χ0n) is 20.9. The van der Waals surface area contributed by atoms with Crippen molar-refractivity contribution in [3.63, 3.8) is 0 Å². The Kier molecular flexibility index (Phi) is 6.92. The first-order valence-corrected chi connectivity index (χ1v) is 13.9. The average molecular weight is 558 g/mol. The molecule has 2 atom stereocenters. The average Bonchev–Trinajstić information content (AvgIpc) is 3.72. The summed E-state index contributed by atoms with van der Waals surface area (Å²) in [5, 5.41) is 8.92. The fraction of sp³-hybridized carbons (Fsp3) is 0.276. The summed E-state index contributed by atoms with van der Waals surface area (Å²) in [5.74, 6) is -0.846. The topological polar surface area (TPSA) is 83.9 Å². The number of hydrogen-bond acceptors (Lipinski definition) is 5. The maximum absolute atomic E-state index is 12.9. The molecule has 1 saturated carbocycles. The molecule has 39 heavy (non-hydrogen) atoms. The van der Waals surface area contributed by atoms with Gasteiger partial charge in [0.1, 0.15) is 5.75 Å². The van der Waals surface area contributed by atoms with Gasteiger partial charge in [0.15, 0.2) is 0 Å². The number of aliphatic carboxylic acids is 1. The Hall–Kier alpha value is -3.79. The lowest BCUT2D eigenvalue weighted by atomic mass is 9.84. The number of hydrogen-bond donors (Lipinski definition) is 1. The van der Waals surface area contributed by atoms with E-state index in [0.29, 0.717) is 23.5 Å². The molecule has 0 unspecified atom stereocenters. The van der Waals surface area contributed by atoms with E-state index >= 15 is 0 Å². The highest BCUT2D eigenvalue weighted by Gasteiger charge is 2.48. The SMILES string of the molecule is C[C@@H]1Cc2cc(OS(=O)(=O)C(F)(F)F)ccc2[C@@H](c2ccc(C=CC(=O)O)cc2)N1c1ccc(C2CC2)cc1. The van der Waals surface area contributed by atoms with Gasteiger partial charge < -0.3 is 14.2 Å². The molecule has 3 aromatic rings. The number of carboxylic acid groups (broad SMARTS) is 1. The van der Waals surface area contributed by atoms with E-state index in [1.54, 1.807) is 18.2 Å². The first-order chi connectivity index (χ1) is 18.4. The van der Waals surface area contributed by atoms with E-state index < -0.39 is 27.3 Å². The lowest BCUT2D eigenvalue weighted by Gasteiger charge is -2.44. The van der Waals surface area contributed by atoms with Crippen LogP contribution in [0.2, 0.25) is 0 Å². The van der Waals surface area contributed by atoms with Crippen LogP contribution in [-0.2, 0) is 21.3 Å². The largest absolute Gasteiger partial charge is 0.534 e. The lowest BCUT2D eigenvalue weighted by molar-refractivity contribution is -0.131. The molecule has 0 saturated heterocycles. The van der Waals surface area contributed by atoms with E-state index in [0.717, 1.165) is 22.9 Å². The Labute approximate surface area is 224 Å². The maximum Gasteiger partial charge on any atom is 0.534 e. The second-order valence-electron chi connectivity index (χ2n) is 9.91. The third kappa shape index (κ3) is 5.66. The van der Waals surface area contributed by atoms with Gasteiger partial charge in [-0.25, -0.2) is 4.79 Å². The van der Waals surface area contributed by atoms with Gasteiger partial charge in [-0.1, -0.05) is 42.5 Å². The molecule has 1 aliphatic carbocycles. The summed E-state index contributed by atoms with van der Waals surface area (Å²) in [6, 6.07) is 19.6. The molecular formula is C29H26F3NO5S. The number of carbonyl (C=O) groups is 1. The molecule has 1 fully saturated rings. The van der Waals surface area contributed by atoms with Gasteiger partial charge in [-0.2, -0.15) is 21.6 Å². The van der Waals surface area contributed by atoms with Crippen LogP contribution in [0.3, 0.4) is 0 Å². The molecule has 0 bridgehead atoms. The van der Waals surface area contributed by atoms with Crippen LogP contribution in [0.25, 0.3) is 6.08 Å². The monoisotopic (exact) mass is 557 g/mol. The van der Waals surface area contributed by atoms with Crippen molar-refractivity contribution in [1.82, 2.24) is 0 Å². The molecule has 10 heteroatoms. The highest BCUT2D eigenvalue weighted by Crippen LogP contribution is 2.44. The Morgan fingerprint density at radius 3 is 2.23 bits per heavy atom. The first-order valence-electron chi connectivity index (χ1n) is 12.5. The molecule has 0 amide bonds. The van der Waals surface area contributed by atoms with Crippen LogP contribution < -0.4 is 9.08 Å². The Morgan fingerprint density at radius 2 is 1.64 bits per heavy atom. The minimum Gasteiger partial charge on any atom is -0.478 e. The maximum atomic E-state index is 12.9. The number of anilines is 1. The van der Waals surface area contributed by atoms with Crippen molar-refractivity contribution in [1.29, 1.82) is 0 Å². The van der Waals surface area contributed by atoms with Gasteiger partial charge in [-0.15, -0.1) is 0 Å². The Balaban J connectivity index is 1.55. The molecule has 6 nitrogen and oxygen atoms in total. The van der Waals surface area contributed by atoms with Gasteiger partial charge in [-0.3, -0.25) is 0 Å².